The first-order valence-corrected chi connectivity index (χ1v) is 12.9. The van der Waals surface area contributed by atoms with E-state index in [1.54, 1.807) is 54.1 Å². The third-order valence-corrected chi connectivity index (χ3v) is 10.3. The maximum absolute atomic E-state index is 13.0. The fourth-order valence-electron chi connectivity index (χ4n) is 2.66. The number of hydrogen-bond acceptors (Lipinski definition) is 6. The number of nitrogens with one attached hydrogen (secondary N) is 1. The predicted octanol–water partition coefficient (Wildman–Crippen LogP) is 3.92. The van der Waals surface area contributed by atoms with Gasteiger partial charge in [-0.1, -0.05) is 24.3 Å². The average Bonchev–Trinajstić information content (AvgIpc) is 3.30. The van der Waals surface area contributed by atoms with Crippen molar-refractivity contribution < 1.29 is 16.8 Å². The van der Waals surface area contributed by atoms with Crippen molar-refractivity contribution in [1.82, 2.24) is 4.72 Å². The van der Waals surface area contributed by atoms with E-state index in [1.807, 2.05) is 13.0 Å². The Kier molecular flexibility index (Phi) is 5.87. The molecule has 1 aromatic carbocycles. The van der Waals surface area contributed by atoms with E-state index in [1.165, 1.54) is 11.3 Å². The Morgan fingerprint density at radius 2 is 1.67 bits per heavy atom. The van der Waals surface area contributed by atoms with Gasteiger partial charge in [-0.2, -0.15) is 0 Å². The highest BCUT2D eigenvalue weighted by Crippen LogP contribution is 2.33. The van der Waals surface area contributed by atoms with Gasteiger partial charge in [0.1, 0.15) is 9.46 Å². The molecule has 0 spiro atoms. The predicted molar refractivity (Wildman–Crippen MR) is 110 cm³/mol. The molecular weight excluding hydrogens is 422 g/mol. The maximum Gasteiger partial charge on any atom is 0.240 e. The van der Waals surface area contributed by atoms with Gasteiger partial charge in [0.05, 0.1) is 4.90 Å². The first-order valence-electron chi connectivity index (χ1n) is 8.09. The van der Waals surface area contributed by atoms with E-state index in [2.05, 4.69) is 4.72 Å². The van der Waals surface area contributed by atoms with Crippen LogP contribution in [0.25, 0.3) is 0 Å². The molecule has 0 fully saturated rings. The van der Waals surface area contributed by atoms with Gasteiger partial charge in [-0.25, -0.2) is 21.6 Å². The van der Waals surface area contributed by atoms with Crippen LogP contribution in [0.4, 0.5) is 0 Å². The lowest BCUT2D eigenvalue weighted by Gasteiger charge is -2.17. The Labute approximate surface area is 167 Å². The van der Waals surface area contributed by atoms with E-state index in [-0.39, 0.29) is 15.6 Å². The molecule has 0 radical (unpaired) electrons. The average molecular weight is 442 g/mol. The summed E-state index contributed by atoms with van der Waals surface area (Å²) in [6, 6.07) is 11.9. The third-order valence-electron chi connectivity index (χ3n) is 4.10. The summed E-state index contributed by atoms with van der Waals surface area (Å²) >= 11 is 2.43. The molecule has 0 amide bonds. The Balaban J connectivity index is 1.93. The minimum absolute atomic E-state index is 0.168. The molecule has 3 rings (SSSR count). The zero-order chi connectivity index (χ0) is 19.7. The molecule has 9 heteroatoms. The van der Waals surface area contributed by atoms with Gasteiger partial charge in [0.15, 0.2) is 9.84 Å². The highest BCUT2D eigenvalue weighted by atomic mass is 32.2. The normalized spacial score (nSPS) is 13.6. The number of rotatable bonds is 7. The Morgan fingerprint density at radius 3 is 2.30 bits per heavy atom. The second-order valence-corrected chi connectivity index (χ2v) is 12.1. The molecule has 0 aliphatic rings. The number of thiophene rings is 2. The molecule has 0 saturated heterocycles. The molecule has 0 bridgehead atoms. The molecule has 2 aromatic heterocycles. The number of sulfonamides is 1. The summed E-state index contributed by atoms with van der Waals surface area (Å²) in [5.41, 5.74) is 1.43. The quantitative estimate of drug-likeness (QED) is 0.603. The van der Waals surface area contributed by atoms with E-state index < -0.39 is 25.1 Å². The number of benzene rings is 1. The van der Waals surface area contributed by atoms with Crippen molar-refractivity contribution in [2.24, 2.45) is 0 Å². The van der Waals surface area contributed by atoms with Gasteiger partial charge in [-0.3, -0.25) is 0 Å². The first kappa shape index (κ1) is 20.2. The van der Waals surface area contributed by atoms with Crippen LogP contribution < -0.4 is 4.72 Å². The molecule has 27 heavy (non-hydrogen) atoms. The Bertz CT molecular complexity index is 1120. The zero-order valence-electron chi connectivity index (χ0n) is 14.7. The standard InChI is InChI=1S/C18H19NO4S4/c1-13-7-8-14(2)16(11-13)27(22,23)19-12-17(15-5-3-9-24-15)26(20,21)18-6-4-10-25-18/h3-11,17,19H,12H2,1-2H3/t17-/m1/s1. The molecule has 1 atom stereocenters. The molecule has 0 aliphatic heterocycles. The van der Waals surface area contributed by atoms with Crippen molar-refractivity contribution in [2.45, 2.75) is 28.2 Å². The zero-order valence-corrected chi connectivity index (χ0v) is 18.0. The van der Waals surface area contributed by atoms with E-state index in [4.69, 9.17) is 0 Å². The van der Waals surface area contributed by atoms with Gasteiger partial charge in [-0.15, -0.1) is 22.7 Å². The van der Waals surface area contributed by atoms with E-state index in [0.717, 1.165) is 16.9 Å². The third kappa shape index (κ3) is 4.33. The SMILES string of the molecule is Cc1ccc(C)c(S(=O)(=O)NC[C@H](c2cccs2)S(=O)(=O)c2cccs2)c1. The highest BCUT2D eigenvalue weighted by molar-refractivity contribution is 7.94. The monoisotopic (exact) mass is 441 g/mol. The molecule has 2 heterocycles. The molecule has 0 unspecified atom stereocenters. The second kappa shape index (κ2) is 7.84. The van der Waals surface area contributed by atoms with Gasteiger partial charge in [0.25, 0.3) is 0 Å². The van der Waals surface area contributed by atoms with Crippen LogP contribution in [0.15, 0.2) is 62.3 Å². The smallest absolute Gasteiger partial charge is 0.222 e. The summed E-state index contributed by atoms with van der Waals surface area (Å²) in [6.07, 6.45) is 0. The fraction of sp³-hybridized carbons (Fsp3) is 0.222. The summed E-state index contributed by atoms with van der Waals surface area (Å²) in [5.74, 6) is 0. The lowest BCUT2D eigenvalue weighted by molar-refractivity contribution is 0.570. The van der Waals surface area contributed by atoms with Crippen molar-refractivity contribution in [3.05, 3.63) is 69.2 Å². The van der Waals surface area contributed by atoms with Crippen LogP contribution in [0.2, 0.25) is 0 Å². The van der Waals surface area contributed by atoms with Gasteiger partial charge < -0.3 is 0 Å². The highest BCUT2D eigenvalue weighted by Gasteiger charge is 2.32. The van der Waals surface area contributed by atoms with Crippen LogP contribution in [0, 0.1) is 13.8 Å². The maximum atomic E-state index is 13.0. The van der Waals surface area contributed by atoms with Gasteiger partial charge in [0.2, 0.25) is 10.0 Å². The number of aryl methyl sites for hydroxylation is 2. The largest absolute Gasteiger partial charge is 0.240 e. The first-order chi connectivity index (χ1) is 12.7. The van der Waals surface area contributed by atoms with E-state index in [0.29, 0.717) is 10.4 Å². The Hall–Kier alpha value is -1.52. The summed E-state index contributed by atoms with van der Waals surface area (Å²) in [4.78, 5) is 0.771. The molecule has 3 aromatic rings. The number of hydrogen-bond donors (Lipinski definition) is 1. The van der Waals surface area contributed by atoms with Gasteiger partial charge in [-0.05, 0) is 53.9 Å². The van der Waals surface area contributed by atoms with Crippen LogP contribution in [0.5, 0.6) is 0 Å². The Morgan fingerprint density at radius 1 is 0.963 bits per heavy atom. The lowest BCUT2D eigenvalue weighted by Crippen LogP contribution is -2.32. The van der Waals surface area contributed by atoms with Crippen molar-refractivity contribution in [2.75, 3.05) is 6.54 Å². The molecule has 0 aliphatic carbocycles. The molecule has 5 nitrogen and oxygen atoms in total. The van der Waals surface area contributed by atoms with Crippen molar-refractivity contribution in [3.8, 4) is 0 Å². The van der Waals surface area contributed by atoms with Crippen LogP contribution in [0.3, 0.4) is 0 Å². The molecule has 0 saturated carbocycles. The van der Waals surface area contributed by atoms with Crippen molar-refractivity contribution >= 4 is 42.5 Å². The summed E-state index contributed by atoms with van der Waals surface area (Å²) < 4.78 is 54.4. The van der Waals surface area contributed by atoms with Gasteiger partial charge in [0, 0.05) is 11.4 Å². The van der Waals surface area contributed by atoms with E-state index >= 15 is 0 Å². The lowest BCUT2D eigenvalue weighted by atomic mass is 10.2. The molecular formula is C18H19NO4S4. The minimum Gasteiger partial charge on any atom is -0.222 e. The van der Waals surface area contributed by atoms with Crippen LogP contribution in [-0.2, 0) is 19.9 Å². The molecule has 1 N–H and O–H groups in total. The summed E-state index contributed by atoms with van der Waals surface area (Å²) in [5, 5.41) is 2.50. The topological polar surface area (TPSA) is 80.3 Å². The van der Waals surface area contributed by atoms with Crippen molar-refractivity contribution in [1.29, 1.82) is 0 Å². The number of sulfone groups is 1. The van der Waals surface area contributed by atoms with Crippen LogP contribution in [-0.4, -0.2) is 23.4 Å². The second-order valence-electron chi connectivity index (χ2n) is 6.10. The summed E-state index contributed by atoms with van der Waals surface area (Å²) in [7, 11) is -7.54. The minimum atomic E-state index is -3.84. The van der Waals surface area contributed by atoms with Crippen LogP contribution >= 0.6 is 22.7 Å². The summed E-state index contributed by atoms with van der Waals surface area (Å²) in [6.45, 7) is 3.30. The van der Waals surface area contributed by atoms with Gasteiger partial charge >= 0.3 is 0 Å². The van der Waals surface area contributed by atoms with E-state index in [9.17, 15) is 16.8 Å². The molecule has 144 valence electrons. The fourth-order valence-corrected chi connectivity index (χ4v) is 8.13. The van der Waals surface area contributed by atoms with Crippen molar-refractivity contribution in [3.63, 3.8) is 0 Å². The van der Waals surface area contributed by atoms with Crippen LogP contribution in [0.1, 0.15) is 21.3 Å².